The molecular weight excluding hydrogens is 158 g/mol. The average molecular weight is 167 g/mol. The van der Waals surface area contributed by atoms with Crippen molar-refractivity contribution in [1.82, 2.24) is 0 Å². The Bertz CT molecular complexity index is 146. The van der Waals surface area contributed by atoms with Crippen molar-refractivity contribution in [2.24, 2.45) is 5.92 Å². The van der Waals surface area contributed by atoms with Crippen LogP contribution in [0.5, 0.6) is 0 Å². The Labute approximate surface area is 63.9 Å². The standard InChI is InChI=1S/C7H9ClF2/c1-5(4-8)6-2-7(9,10)3-6/h6H,1-4H2. The highest BCUT2D eigenvalue weighted by Gasteiger charge is 2.45. The van der Waals surface area contributed by atoms with Gasteiger partial charge in [0.15, 0.2) is 0 Å². The maximum absolute atomic E-state index is 12.2. The number of rotatable bonds is 2. The molecule has 0 atom stereocenters. The van der Waals surface area contributed by atoms with Crippen molar-refractivity contribution in [2.75, 3.05) is 5.88 Å². The van der Waals surface area contributed by atoms with E-state index in [0.717, 1.165) is 5.57 Å². The van der Waals surface area contributed by atoms with Crippen LogP contribution in [0.1, 0.15) is 12.8 Å². The van der Waals surface area contributed by atoms with Crippen molar-refractivity contribution in [2.45, 2.75) is 18.8 Å². The van der Waals surface area contributed by atoms with Gasteiger partial charge in [-0.3, -0.25) is 0 Å². The van der Waals surface area contributed by atoms with Crippen LogP contribution in [0.4, 0.5) is 8.78 Å². The van der Waals surface area contributed by atoms with Gasteiger partial charge in [-0.1, -0.05) is 12.2 Å². The third kappa shape index (κ3) is 1.48. The van der Waals surface area contributed by atoms with Gasteiger partial charge in [-0.25, -0.2) is 8.78 Å². The van der Waals surface area contributed by atoms with Crippen molar-refractivity contribution >= 4 is 11.6 Å². The van der Waals surface area contributed by atoms with Gasteiger partial charge in [-0.15, -0.1) is 11.6 Å². The van der Waals surface area contributed by atoms with E-state index in [0.29, 0.717) is 5.88 Å². The second-order valence-corrected chi connectivity index (χ2v) is 3.02. The van der Waals surface area contributed by atoms with Crippen LogP contribution in [0.2, 0.25) is 0 Å². The van der Waals surface area contributed by atoms with Gasteiger partial charge in [0.25, 0.3) is 0 Å². The lowest BCUT2D eigenvalue weighted by Gasteiger charge is -2.35. The third-order valence-corrected chi connectivity index (χ3v) is 2.18. The Morgan fingerprint density at radius 3 is 2.40 bits per heavy atom. The molecule has 0 radical (unpaired) electrons. The molecule has 0 aromatic heterocycles. The molecule has 1 saturated carbocycles. The van der Waals surface area contributed by atoms with E-state index in [4.69, 9.17) is 11.6 Å². The third-order valence-electron chi connectivity index (χ3n) is 1.84. The fourth-order valence-electron chi connectivity index (χ4n) is 1.06. The summed E-state index contributed by atoms with van der Waals surface area (Å²) in [7, 11) is 0. The second-order valence-electron chi connectivity index (χ2n) is 2.75. The van der Waals surface area contributed by atoms with Gasteiger partial charge >= 0.3 is 0 Å². The molecule has 1 rings (SSSR count). The monoisotopic (exact) mass is 166 g/mol. The lowest BCUT2D eigenvalue weighted by molar-refractivity contribution is -0.0990. The molecule has 58 valence electrons. The Morgan fingerprint density at radius 2 is 2.10 bits per heavy atom. The van der Waals surface area contributed by atoms with Crippen LogP contribution in [0.25, 0.3) is 0 Å². The predicted octanol–water partition coefficient (Wildman–Crippen LogP) is 2.83. The lowest BCUT2D eigenvalue weighted by Crippen LogP contribution is -2.36. The number of hydrogen-bond acceptors (Lipinski definition) is 0. The first kappa shape index (κ1) is 7.99. The van der Waals surface area contributed by atoms with Gasteiger partial charge in [0.2, 0.25) is 5.92 Å². The molecule has 3 heteroatoms. The maximum atomic E-state index is 12.2. The first-order chi connectivity index (χ1) is 4.55. The van der Waals surface area contributed by atoms with Crippen molar-refractivity contribution in [3.63, 3.8) is 0 Å². The molecule has 0 aromatic rings. The fraction of sp³-hybridized carbons (Fsp3) is 0.714. The van der Waals surface area contributed by atoms with Crippen LogP contribution >= 0.6 is 11.6 Å². The van der Waals surface area contributed by atoms with Crippen LogP contribution in [-0.2, 0) is 0 Å². The molecule has 0 N–H and O–H groups in total. The summed E-state index contributed by atoms with van der Waals surface area (Å²) in [6.45, 7) is 3.60. The van der Waals surface area contributed by atoms with E-state index < -0.39 is 5.92 Å². The van der Waals surface area contributed by atoms with Crippen molar-refractivity contribution in [3.05, 3.63) is 12.2 Å². The van der Waals surface area contributed by atoms with Crippen LogP contribution in [0, 0.1) is 5.92 Å². The number of allylic oxidation sites excluding steroid dienone is 1. The zero-order chi connectivity index (χ0) is 7.78. The molecule has 0 heterocycles. The first-order valence-electron chi connectivity index (χ1n) is 3.16. The summed E-state index contributed by atoms with van der Waals surface area (Å²) in [6, 6.07) is 0. The molecule has 0 aliphatic heterocycles. The van der Waals surface area contributed by atoms with E-state index >= 15 is 0 Å². The van der Waals surface area contributed by atoms with Crippen molar-refractivity contribution in [1.29, 1.82) is 0 Å². The molecule has 0 saturated heterocycles. The van der Waals surface area contributed by atoms with E-state index in [9.17, 15) is 8.78 Å². The van der Waals surface area contributed by atoms with E-state index in [2.05, 4.69) is 6.58 Å². The van der Waals surface area contributed by atoms with Gasteiger partial charge in [0, 0.05) is 18.7 Å². The van der Waals surface area contributed by atoms with Crippen LogP contribution in [0.15, 0.2) is 12.2 Å². The molecule has 1 fully saturated rings. The Kier molecular flexibility index (Phi) is 1.99. The van der Waals surface area contributed by atoms with E-state index in [1.54, 1.807) is 0 Å². The fourth-order valence-corrected chi connectivity index (χ4v) is 1.28. The lowest BCUT2D eigenvalue weighted by atomic mass is 9.77. The number of alkyl halides is 3. The average Bonchev–Trinajstić information content (AvgIpc) is 1.81. The topological polar surface area (TPSA) is 0 Å². The molecule has 0 spiro atoms. The summed E-state index contributed by atoms with van der Waals surface area (Å²) >= 11 is 5.41. The molecule has 1 aliphatic carbocycles. The van der Waals surface area contributed by atoms with E-state index in [-0.39, 0.29) is 18.8 Å². The summed E-state index contributed by atoms with van der Waals surface area (Å²) in [5, 5.41) is 0. The van der Waals surface area contributed by atoms with Crippen LogP contribution < -0.4 is 0 Å². The van der Waals surface area contributed by atoms with Gasteiger partial charge in [0.1, 0.15) is 0 Å². The van der Waals surface area contributed by atoms with Gasteiger partial charge in [0.05, 0.1) is 0 Å². The Balaban J connectivity index is 2.33. The van der Waals surface area contributed by atoms with Crippen LogP contribution in [0.3, 0.4) is 0 Å². The highest BCUT2D eigenvalue weighted by atomic mass is 35.5. The normalized spacial score (nSPS) is 23.9. The smallest absolute Gasteiger partial charge is 0.207 e. The number of hydrogen-bond donors (Lipinski definition) is 0. The van der Waals surface area contributed by atoms with E-state index in [1.165, 1.54) is 0 Å². The van der Waals surface area contributed by atoms with Gasteiger partial charge in [-0.05, 0) is 5.92 Å². The summed E-state index contributed by atoms with van der Waals surface area (Å²) in [5.74, 6) is -2.17. The highest BCUT2D eigenvalue weighted by Crippen LogP contribution is 2.45. The summed E-state index contributed by atoms with van der Waals surface area (Å²) in [6.07, 6.45) is -0.114. The molecule has 1 aliphatic rings. The molecule has 0 bridgehead atoms. The Morgan fingerprint density at radius 1 is 1.60 bits per heavy atom. The molecule has 0 nitrogen and oxygen atoms in total. The SMILES string of the molecule is C=C(CCl)C1CC(F)(F)C1. The second kappa shape index (κ2) is 2.50. The zero-order valence-electron chi connectivity index (χ0n) is 5.54. The zero-order valence-corrected chi connectivity index (χ0v) is 6.30. The summed E-state index contributed by atoms with van der Waals surface area (Å²) < 4.78 is 24.4. The number of halogens is 3. The molecule has 0 aromatic carbocycles. The largest absolute Gasteiger partial charge is 0.249 e. The summed E-state index contributed by atoms with van der Waals surface area (Å²) in [4.78, 5) is 0. The Hall–Kier alpha value is -0.110. The van der Waals surface area contributed by atoms with Crippen molar-refractivity contribution < 1.29 is 8.78 Å². The molecule has 10 heavy (non-hydrogen) atoms. The van der Waals surface area contributed by atoms with Crippen LogP contribution in [-0.4, -0.2) is 11.8 Å². The van der Waals surface area contributed by atoms with Crippen molar-refractivity contribution in [3.8, 4) is 0 Å². The maximum Gasteiger partial charge on any atom is 0.249 e. The quantitative estimate of drug-likeness (QED) is 0.437. The predicted molar refractivity (Wildman–Crippen MR) is 37.5 cm³/mol. The van der Waals surface area contributed by atoms with Gasteiger partial charge in [-0.2, -0.15) is 0 Å². The molecule has 0 amide bonds. The first-order valence-corrected chi connectivity index (χ1v) is 3.70. The molecule has 0 unspecified atom stereocenters. The minimum atomic E-state index is -2.44. The summed E-state index contributed by atoms with van der Waals surface area (Å²) in [5.41, 5.74) is 0.743. The van der Waals surface area contributed by atoms with Gasteiger partial charge < -0.3 is 0 Å². The minimum absolute atomic E-state index is 0.0347. The highest BCUT2D eigenvalue weighted by molar-refractivity contribution is 6.19. The van der Waals surface area contributed by atoms with E-state index in [1.807, 2.05) is 0 Å². The minimum Gasteiger partial charge on any atom is -0.207 e. The molecular formula is C7H9ClF2.